The third kappa shape index (κ3) is 3.44. The lowest BCUT2D eigenvalue weighted by atomic mass is 10.2. The summed E-state index contributed by atoms with van der Waals surface area (Å²) in [6.45, 7) is 0. The Bertz CT molecular complexity index is 234. The Balaban J connectivity index is 0.00000121. The molecule has 0 spiro atoms. The van der Waals surface area contributed by atoms with Crippen molar-refractivity contribution < 1.29 is 9.53 Å². The van der Waals surface area contributed by atoms with E-state index in [0.29, 0.717) is 6.42 Å². The van der Waals surface area contributed by atoms with Crippen molar-refractivity contribution in [2.24, 2.45) is 0 Å². The molecule has 1 aromatic rings. The molecular weight excluding hydrogens is 172 g/mol. The molecule has 1 aromatic carbocycles. The van der Waals surface area contributed by atoms with E-state index in [0.717, 1.165) is 5.56 Å². The molecule has 0 aliphatic rings. The van der Waals surface area contributed by atoms with Crippen LogP contribution < -0.4 is 0 Å². The smallest absolute Gasteiger partial charge is 0.309 e. The SMILES string of the molecule is COC(=O)Cc1ccccc1.S. The van der Waals surface area contributed by atoms with Crippen LogP contribution in [-0.2, 0) is 16.0 Å². The summed E-state index contributed by atoms with van der Waals surface area (Å²) in [6.07, 6.45) is 0.358. The van der Waals surface area contributed by atoms with Crippen molar-refractivity contribution >= 4 is 19.5 Å². The van der Waals surface area contributed by atoms with Gasteiger partial charge in [-0.3, -0.25) is 4.79 Å². The molecule has 3 heteroatoms. The van der Waals surface area contributed by atoms with E-state index in [9.17, 15) is 4.79 Å². The molecule has 1 rings (SSSR count). The van der Waals surface area contributed by atoms with E-state index in [2.05, 4.69) is 4.74 Å². The monoisotopic (exact) mass is 184 g/mol. The minimum Gasteiger partial charge on any atom is -0.469 e. The quantitative estimate of drug-likeness (QED) is 0.651. The lowest BCUT2D eigenvalue weighted by molar-refractivity contribution is -0.139. The first-order chi connectivity index (χ1) is 5.33. The van der Waals surface area contributed by atoms with E-state index in [-0.39, 0.29) is 19.5 Å². The van der Waals surface area contributed by atoms with Crippen molar-refractivity contribution in [3.63, 3.8) is 0 Å². The van der Waals surface area contributed by atoms with Crippen LogP contribution in [0.1, 0.15) is 5.56 Å². The second-order valence-electron chi connectivity index (χ2n) is 2.24. The lowest BCUT2D eigenvalue weighted by Crippen LogP contribution is -2.03. The molecule has 0 aliphatic heterocycles. The van der Waals surface area contributed by atoms with Crippen molar-refractivity contribution in [3.05, 3.63) is 35.9 Å². The number of methoxy groups -OCH3 is 1. The van der Waals surface area contributed by atoms with Crippen LogP contribution in [0, 0.1) is 0 Å². The third-order valence-corrected chi connectivity index (χ3v) is 1.42. The summed E-state index contributed by atoms with van der Waals surface area (Å²) in [7, 11) is 1.39. The summed E-state index contributed by atoms with van der Waals surface area (Å²) in [5.74, 6) is -0.198. The number of carbonyl (C=O) groups is 1. The predicted octanol–water partition coefficient (Wildman–Crippen LogP) is 1.51. The highest BCUT2D eigenvalue weighted by Crippen LogP contribution is 1.99. The molecule has 0 saturated carbocycles. The maximum absolute atomic E-state index is 10.8. The van der Waals surface area contributed by atoms with Crippen LogP contribution >= 0.6 is 13.5 Å². The van der Waals surface area contributed by atoms with E-state index >= 15 is 0 Å². The molecule has 66 valence electrons. The fraction of sp³-hybridized carbons (Fsp3) is 0.222. The Morgan fingerprint density at radius 1 is 1.33 bits per heavy atom. The second kappa shape index (κ2) is 5.66. The summed E-state index contributed by atoms with van der Waals surface area (Å²) in [6, 6.07) is 9.52. The largest absolute Gasteiger partial charge is 0.469 e. The van der Waals surface area contributed by atoms with Gasteiger partial charge in [0.2, 0.25) is 0 Å². The van der Waals surface area contributed by atoms with Gasteiger partial charge in [-0.25, -0.2) is 0 Å². The van der Waals surface area contributed by atoms with Crippen LogP contribution in [0.5, 0.6) is 0 Å². The lowest BCUT2D eigenvalue weighted by Gasteiger charge is -1.97. The summed E-state index contributed by atoms with van der Waals surface area (Å²) >= 11 is 0. The molecule has 0 aliphatic carbocycles. The van der Waals surface area contributed by atoms with Gasteiger partial charge < -0.3 is 4.74 Å². The summed E-state index contributed by atoms with van der Waals surface area (Å²) in [5, 5.41) is 0. The highest BCUT2D eigenvalue weighted by Gasteiger charge is 1.99. The van der Waals surface area contributed by atoms with Crippen LogP contribution in [0.15, 0.2) is 30.3 Å². The summed E-state index contributed by atoms with van der Waals surface area (Å²) in [5.41, 5.74) is 0.986. The maximum Gasteiger partial charge on any atom is 0.309 e. The molecule has 0 amide bonds. The van der Waals surface area contributed by atoms with Crippen LogP contribution in [-0.4, -0.2) is 13.1 Å². The topological polar surface area (TPSA) is 26.3 Å². The molecule has 12 heavy (non-hydrogen) atoms. The summed E-state index contributed by atoms with van der Waals surface area (Å²) < 4.78 is 4.52. The molecule has 0 unspecified atom stereocenters. The maximum atomic E-state index is 10.8. The van der Waals surface area contributed by atoms with Crippen LogP contribution in [0.2, 0.25) is 0 Å². The minimum absolute atomic E-state index is 0. The fourth-order valence-electron chi connectivity index (χ4n) is 0.835. The normalized spacial score (nSPS) is 8.42. The van der Waals surface area contributed by atoms with E-state index in [4.69, 9.17) is 0 Å². The molecule has 0 bridgehead atoms. The Morgan fingerprint density at radius 2 is 1.92 bits per heavy atom. The molecule has 0 fully saturated rings. The molecule has 0 heterocycles. The Morgan fingerprint density at radius 3 is 2.42 bits per heavy atom. The van der Waals surface area contributed by atoms with Crippen LogP contribution in [0.25, 0.3) is 0 Å². The van der Waals surface area contributed by atoms with Gasteiger partial charge in [0.05, 0.1) is 13.5 Å². The van der Waals surface area contributed by atoms with Crippen molar-refractivity contribution in [3.8, 4) is 0 Å². The van der Waals surface area contributed by atoms with Crippen LogP contribution in [0.3, 0.4) is 0 Å². The van der Waals surface area contributed by atoms with Gasteiger partial charge in [0, 0.05) is 0 Å². The fourth-order valence-corrected chi connectivity index (χ4v) is 0.835. The van der Waals surface area contributed by atoms with Gasteiger partial charge in [-0.05, 0) is 5.56 Å². The van der Waals surface area contributed by atoms with E-state index < -0.39 is 0 Å². The highest BCUT2D eigenvalue weighted by atomic mass is 32.1. The van der Waals surface area contributed by atoms with Gasteiger partial charge in [0.15, 0.2) is 0 Å². The zero-order valence-electron chi connectivity index (χ0n) is 6.91. The van der Waals surface area contributed by atoms with E-state index in [1.54, 1.807) is 0 Å². The van der Waals surface area contributed by atoms with Crippen molar-refractivity contribution in [1.29, 1.82) is 0 Å². The Hall–Kier alpha value is -0.960. The van der Waals surface area contributed by atoms with Crippen molar-refractivity contribution in [1.82, 2.24) is 0 Å². The van der Waals surface area contributed by atoms with Gasteiger partial charge in [-0.15, -0.1) is 0 Å². The first-order valence-electron chi connectivity index (χ1n) is 3.43. The Labute approximate surface area is 79.0 Å². The number of benzene rings is 1. The van der Waals surface area contributed by atoms with Gasteiger partial charge in [0.25, 0.3) is 0 Å². The zero-order valence-corrected chi connectivity index (χ0v) is 7.91. The first-order valence-corrected chi connectivity index (χ1v) is 3.43. The average molecular weight is 184 g/mol. The minimum atomic E-state index is -0.198. The van der Waals surface area contributed by atoms with Gasteiger partial charge in [-0.1, -0.05) is 30.3 Å². The molecule has 0 atom stereocenters. The number of carbonyl (C=O) groups excluding carboxylic acids is 1. The standard InChI is InChI=1S/C9H10O2.H2S/c1-11-9(10)7-8-5-3-2-4-6-8;/h2-6H,7H2,1H3;1H2. The molecule has 0 aromatic heterocycles. The molecule has 0 radical (unpaired) electrons. The van der Waals surface area contributed by atoms with Crippen molar-refractivity contribution in [2.75, 3.05) is 7.11 Å². The van der Waals surface area contributed by atoms with Crippen molar-refractivity contribution in [2.45, 2.75) is 6.42 Å². The Kier molecular flexibility index (Phi) is 5.21. The van der Waals surface area contributed by atoms with Crippen LogP contribution in [0.4, 0.5) is 0 Å². The molecule has 0 saturated heterocycles. The third-order valence-electron chi connectivity index (χ3n) is 1.42. The number of hydrogen-bond donors (Lipinski definition) is 0. The highest BCUT2D eigenvalue weighted by molar-refractivity contribution is 7.59. The van der Waals surface area contributed by atoms with E-state index in [1.807, 2.05) is 30.3 Å². The molecule has 2 nitrogen and oxygen atoms in total. The average Bonchev–Trinajstić information content (AvgIpc) is 2.06. The number of ether oxygens (including phenoxy) is 1. The first kappa shape index (κ1) is 11.0. The number of rotatable bonds is 2. The van der Waals surface area contributed by atoms with Gasteiger partial charge in [0.1, 0.15) is 0 Å². The predicted molar refractivity (Wildman–Crippen MR) is 52.5 cm³/mol. The zero-order chi connectivity index (χ0) is 8.10. The second-order valence-corrected chi connectivity index (χ2v) is 2.24. The van der Waals surface area contributed by atoms with E-state index in [1.165, 1.54) is 7.11 Å². The number of esters is 1. The number of hydrogen-bond acceptors (Lipinski definition) is 2. The van der Waals surface area contributed by atoms with Gasteiger partial charge >= 0.3 is 5.97 Å². The molecular formula is C9H12O2S. The summed E-state index contributed by atoms with van der Waals surface area (Å²) in [4.78, 5) is 10.8. The molecule has 0 N–H and O–H groups in total. The van der Waals surface area contributed by atoms with Gasteiger partial charge in [-0.2, -0.15) is 13.5 Å².